The zero-order valence-corrected chi connectivity index (χ0v) is 18.5. The standard InChI is InChI=1S/C27H33F3/c1-11-18(4)12-13-20(6)23(9)25(28)16-22(8)19(5)14-15-21(7)24(10)27(30)26(29)17(2)3/h11,14-16,18,20H,1-2,5,7-10,12-13H2,3-4,6H3/b15-14-,25-16+,27-26-. The zero-order chi connectivity index (χ0) is 23.6. The van der Waals surface area contributed by atoms with Gasteiger partial charge in [0.05, 0.1) is 0 Å². The van der Waals surface area contributed by atoms with Crippen LogP contribution in [-0.2, 0) is 0 Å². The smallest absolute Gasteiger partial charge is 0.166 e. The number of hydrogen-bond donors (Lipinski definition) is 0. The molecule has 0 rings (SSSR count). The highest BCUT2D eigenvalue weighted by Crippen LogP contribution is 2.28. The van der Waals surface area contributed by atoms with Gasteiger partial charge in [0.25, 0.3) is 0 Å². The van der Waals surface area contributed by atoms with Crippen LogP contribution in [-0.4, -0.2) is 0 Å². The van der Waals surface area contributed by atoms with E-state index in [0.717, 1.165) is 12.8 Å². The summed E-state index contributed by atoms with van der Waals surface area (Å²) < 4.78 is 42.2. The summed E-state index contributed by atoms with van der Waals surface area (Å²) >= 11 is 0. The van der Waals surface area contributed by atoms with Gasteiger partial charge in [-0.05, 0) is 65.5 Å². The van der Waals surface area contributed by atoms with Crippen LogP contribution >= 0.6 is 0 Å². The highest BCUT2D eigenvalue weighted by Gasteiger charge is 2.14. The van der Waals surface area contributed by atoms with Crippen molar-refractivity contribution in [2.45, 2.75) is 33.6 Å². The molecule has 0 aliphatic heterocycles. The van der Waals surface area contributed by atoms with Crippen LogP contribution in [0, 0.1) is 11.8 Å². The Morgan fingerprint density at radius 1 is 0.800 bits per heavy atom. The van der Waals surface area contributed by atoms with Gasteiger partial charge in [0.1, 0.15) is 5.83 Å². The van der Waals surface area contributed by atoms with Gasteiger partial charge in [-0.25, -0.2) is 13.2 Å². The number of allylic oxidation sites excluding steroid dienone is 13. The molecule has 0 aromatic rings. The highest BCUT2D eigenvalue weighted by molar-refractivity contribution is 5.53. The second-order valence-electron chi connectivity index (χ2n) is 7.50. The van der Waals surface area contributed by atoms with Gasteiger partial charge in [0, 0.05) is 5.57 Å². The van der Waals surface area contributed by atoms with Crippen LogP contribution in [0.15, 0.2) is 121 Å². The predicted molar refractivity (Wildman–Crippen MR) is 126 cm³/mol. The summed E-state index contributed by atoms with van der Waals surface area (Å²) in [6, 6.07) is 0. The van der Waals surface area contributed by atoms with Gasteiger partial charge >= 0.3 is 0 Å². The van der Waals surface area contributed by atoms with Crippen LogP contribution in [0.1, 0.15) is 33.6 Å². The van der Waals surface area contributed by atoms with E-state index in [1.165, 1.54) is 25.2 Å². The Morgan fingerprint density at radius 2 is 1.33 bits per heavy atom. The molecule has 0 bridgehead atoms. The molecule has 0 aliphatic carbocycles. The maximum Gasteiger partial charge on any atom is 0.166 e. The third kappa shape index (κ3) is 8.69. The van der Waals surface area contributed by atoms with E-state index in [1.54, 1.807) is 0 Å². The molecule has 162 valence electrons. The highest BCUT2D eigenvalue weighted by atomic mass is 19.2. The minimum atomic E-state index is -1.12. The number of rotatable bonds is 13. The fraction of sp³-hybridized carbons (Fsp3) is 0.259. The molecule has 0 aromatic heterocycles. The largest absolute Gasteiger partial charge is 0.207 e. The average Bonchev–Trinajstić information content (AvgIpc) is 2.72. The Labute approximate surface area is 180 Å². The van der Waals surface area contributed by atoms with Crippen molar-refractivity contribution >= 4 is 0 Å². The number of halogens is 3. The lowest BCUT2D eigenvalue weighted by Gasteiger charge is -2.15. The first-order valence-electron chi connectivity index (χ1n) is 9.68. The van der Waals surface area contributed by atoms with Gasteiger partial charge in [-0.15, -0.1) is 6.58 Å². The second kappa shape index (κ2) is 12.7. The second-order valence-corrected chi connectivity index (χ2v) is 7.50. The molecule has 0 saturated carbocycles. The summed E-state index contributed by atoms with van der Waals surface area (Å²) in [5.74, 6) is -2.32. The summed E-state index contributed by atoms with van der Waals surface area (Å²) in [6.07, 6.45) is 7.74. The van der Waals surface area contributed by atoms with E-state index in [4.69, 9.17) is 0 Å². The Hall–Kier alpha value is -2.81. The third-order valence-corrected chi connectivity index (χ3v) is 4.78. The molecule has 0 saturated heterocycles. The minimum absolute atomic E-state index is 0.0265. The monoisotopic (exact) mass is 414 g/mol. The molecular weight excluding hydrogens is 381 g/mol. The van der Waals surface area contributed by atoms with Crippen LogP contribution < -0.4 is 0 Å². The van der Waals surface area contributed by atoms with Crippen LogP contribution in [0.2, 0.25) is 0 Å². The quantitative estimate of drug-likeness (QED) is 0.208. The van der Waals surface area contributed by atoms with E-state index < -0.39 is 17.5 Å². The molecule has 0 heterocycles. The van der Waals surface area contributed by atoms with Crippen LogP contribution in [0.25, 0.3) is 0 Å². The molecule has 0 aliphatic rings. The Balaban J connectivity index is 5.10. The maximum absolute atomic E-state index is 14.5. The summed E-state index contributed by atoms with van der Waals surface area (Å²) in [7, 11) is 0. The van der Waals surface area contributed by atoms with Gasteiger partial charge in [-0.1, -0.05) is 71.5 Å². The molecular formula is C27H33F3. The van der Waals surface area contributed by atoms with Crippen molar-refractivity contribution < 1.29 is 13.2 Å². The van der Waals surface area contributed by atoms with Gasteiger partial charge < -0.3 is 0 Å². The molecule has 0 nitrogen and oxygen atoms in total. The van der Waals surface area contributed by atoms with Crippen molar-refractivity contribution in [3.8, 4) is 0 Å². The van der Waals surface area contributed by atoms with Crippen molar-refractivity contribution in [1.29, 1.82) is 0 Å². The molecule has 0 radical (unpaired) electrons. The molecule has 0 amide bonds. The van der Waals surface area contributed by atoms with Crippen molar-refractivity contribution in [3.05, 3.63) is 121 Å². The van der Waals surface area contributed by atoms with Crippen molar-refractivity contribution in [1.82, 2.24) is 0 Å². The van der Waals surface area contributed by atoms with E-state index in [1.807, 2.05) is 13.0 Å². The minimum Gasteiger partial charge on any atom is -0.207 e. The van der Waals surface area contributed by atoms with Crippen molar-refractivity contribution in [3.63, 3.8) is 0 Å². The van der Waals surface area contributed by atoms with Crippen LogP contribution in [0.4, 0.5) is 13.2 Å². The topological polar surface area (TPSA) is 0 Å². The first-order valence-corrected chi connectivity index (χ1v) is 9.68. The Bertz CT molecular complexity index is 843. The molecule has 0 fully saturated rings. The average molecular weight is 415 g/mol. The van der Waals surface area contributed by atoms with Crippen LogP contribution in [0.5, 0.6) is 0 Å². The summed E-state index contributed by atoms with van der Waals surface area (Å²) in [5, 5.41) is 0. The molecule has 2 atom stereocenters. The molecule has 30 heavy (non-hydrogen) atoms. The lowest BCUT2D eigenvalue weighted by molar-refractivity contribution is 0.502. The normalized spacial score (nSPS) is 14.5. The SMILES string of the molecule is C=CC(C)CCC(C)C(=C)/C(F)=C\C(=C)C(=C)/C=C\C(=C)C(=C)/C(F)=C(/F)C(=C)C. The Kier molecular flexibility index (Phi) is 11.5. The lowest BCUT2D eigenvalue weighted by Crippen LogP contribution is -2.02. The zero-order valence-electron chi connectivity index (χ0n) is 18.5. The van der Waals surface area contributed by atoms with Gasteiger partial charge in [0.15, 0.2) is 11.7 Å². The molecule has 3 heteroatoms. The summed E-state index contributed by atoms with van der Waals surface area (Å²) in [5.41, 5.74) is 1.02. The van der Waals surface area contributed by atoms with Gasteiger partial charge in [-0.3, -0.25) is 0 Å². The van der Waals surface area contributed by atoms with Gasteiger partial charge in [0.2, 0.25) is 0 Å². The molecule has 0 spiro atoms. The summed E-state index contributed by atoms with van der Waals surface area (Å²) in [4.78, 5) is 0. The first-order chi connectivity index (χ1) is 13.8. The predicted octanol–water partition coefficient (Wildman–Crippen LogP) is 9.14. The Morgan fingerprint density at radius 3 is 1.83 bits per heavy atom. The third-order valence-electron chi connectivity index (χ3n) is 4.78. The van der Waals surface area contributed by atoms with E-state index in [9.17, 15) is 13.2 Å². The first kappa shape index (κ1) is 27.2. The fourth-order valence-corrected chi connectivity index (χ4v) is 2.25. The molecule has 0 aromatic carbocycles. The van der Waals surface area contributed by atoms with Crippen LogP contribution in [0.3, 0.4) is 0 Å². The number of hydrogen-bond acceptors (Lipinski definition) is 0. The summed E-state index contributed by atoms with van der Waals surface area (Å²) in [6.45, 7) is 31.1. The maximum atomic E-state index is 14.5. The lowest BCUT2D eigenvalue weighted by atomic mass is 9.91. The fourth-order valence-electron chi connectivity index (χ4n) is 2.25. The molecule has 0 N–H and O–H groups in total. The van der Waals surface area contributed by atoms with Crippen molar-refractivity contribution in [2.24, 2.45) is 11.8 Å². The van der Waals surface area contributed by atoms with E-state index >= 15 is 0 Å². The van der Waals surface area contributed by atoms with Crippen molar-refractivity contribution in [2.75, 3.05) is 0 Å². The molecule has 2 unspecified atom stereocenters. The van der Waals surface area contributed by atoms with E-state index in [0.29, 0.717) is 22.6 Å². The van der Waals surface area contributed by atoms with E-state index in [2.05, 4.69) is 53.0 Å². The van der Waals surface area contributed by atoms with Gasteiger partial charge in [-0.2, -0.15) is 0 Å². The van der Waals surface area contributed by atoms with E-state index in [-0.39, 0.29) is 22.6 Å².